The first-order valence-electron chi connectivity index (χ1n) is 7.57. The van der Waals surface area contributed by atoms with Crippen molar-refractivity contribution >= 4 is 11.8 Å². The number of nitrogens with one attached hydrogen (secondary N) is 2. The molecule has 2 rings (SSSR count). The number of carbonyl (C=O) groups is 2. The zero-order valence-corrected chi connectivity index (χ0v) is 13.7. The van der Waals surface area contributed by atoms with Crippen molar-refractivity contribution in [2.24, 2.45) is 0 Å². The molecule has 6 nitrogen and oxygen atoms in total. The molecule has 0 atom stereocenters. The van der Waals surface area contributed by atoms with E-state index in [1.165, 1.54) is 0 Å². The van der Waals surface area contributed by atoms with Gasteiger partial charge in [0.2, 0.25) is 0 Å². The van der Waals surface area contributed by atoms with Gasteiger partial charge in [0.05, 0.1) is 7.11 Å². The highest BCUT2D eigenvalue weighted by molar-refractivity contribution is 5.95. The van der Waals surface area contributed by atoms with Crippen LogP contribution in [0.15, 0.2) is 48.5 Å². The standard InChI is InChI=1S/C18H20N2O4/c1-3-13-5-4-6-16(11-13)24-12-17(21)19-20-18(22)14-7-9-15(23-2)10-8-14/h4-11H,3,12H2,1-2H3,(H,19,21)(H,20,22). The first-order valence-corrected chi connectivity index (χ1v) is 7.57. The Kier molecular flexibility index (Phi) is 6.19. The molecule has 2 N–H and O–H groups in total. The molecule has 0 spiro atoms. The van der Waals surface area contributed by atoms with Crippen molar-refractivity contribution in [3.05, 3.63) is 59.7 Å². The number of carbonyl (C=O) groups excluding carboxylic acids is 2. The Morgan fingerprint density at radius 3 is 2.42 bits per heavy atom. The molecule has 2 aromatic carbocycles. The maximum Gasteiger partial charge on any atom is 0.276 e. The van der Waals surface area contributed by atoms with Crippen LogP contribution in [0.1, 0.15) is 22.8 Å². The van der Waals surface area contributed by atoms with Gasteiger partial charge in [-0.05, 0) is 48.4 Å². The molecule has 24 heavy (non-hydrogen) atoms. The predicted molar refractivity (Wildman–Crippen MR) is 89.9 cm³/mol. The average Bonchev–Trinajstić information content (AvgIpc) is 2.64. The van der Waals surface area contributed by atoms with Gasteiger partial charge in [0, 0.05) is 5.56 Å². The summed E-state index contributed by atoms with van der Waals surface area (Å²) in [5.74, 6) is 0.405. The Morgan fingerprint density at radius 2 is 1.75 bits per heavy atom. The van der Waals surface area contributed by atoms with E-state index in [9.17, 15) is 9.59 Å². The van der Waals surface area contributed by atoms with E-state index in [1.54, 1.807) is 37.4 Å². The maximum absolute atomic E-state index is 11.9. The largest absolute Gasteiger partial charge is 0.497 e. The zero-order valence-electron chi connectivity index (χ0n) is 13.7. The highest BCUT2D eigenvalue weighted by atomic mass is 16.5. The lowest BCUT2D eigenvalue weighted by molar-refractivity contribution is -0.123. The molecule has 2 aromatic rings. The highest BCUT2D eigenvalue weighted by Gasteiger charge is 2.08. The van der Waals surface area contributed by atoms with Gasteiger partial charge in [0.15, 0.2) is 6.61 Å². The summed E-state index contributed by atoms with van der Waals surface area (Å²) in [7, 11) is 1.55. The lowest BCUT2D eigenvalue weighted by Gasteiger charge is -2.09. The highest BCUT2D eigenvalue weighted by Crippen LogP contribution is 2.13. The van der Waals surface area contributed by atoms with Gasteiger partial charge < -0.3 is 9.47 Å². The molecule has 6 heteroatoms. The van der Waals surface area contributed by atoms with E-state index in [4.69, 9.17) is 9.47 Å². The summed E-state index contributed by atoms with van der Waals surface area (Å²) in [5, 5.41) is 0. The molecule has 0 unspecified atom stereocenters. The number of hydrazine groups is 1. The van der Waals surface area contributed by atoms with Crippen molar-refractivity contribution in [3.63, 3.8) is 0 Å². The summed E-state index contributed by atoms with van der Waals surface area (Å²) in [4.78, 5) is 23.6. The van der Waals surface area contributed by atoms with Crippen LogP contribution in [0.25, 0.3) is 0 Å². The molecular formula is C18H20N2O4. The quantitative estimate of drug-likeness (QED) is 0.796. The lowest BCUT2D eigenvalue weighted by atomic mass is 10.2. The molecule has 2 amide bonds. The Hall–Kier alpha value is -3.02. The van der Waals surface area contributed by atoms with Crippen LogP contribution in [-0.4, -0.2) is 25.5 Å². The third-order valence-corrected chi connectivity index (χ3v) is 3.34. The second kappa shape index (κ2) is 8.57. The summed E-state index contributed by atoms with van der Waals surface area (Å²) >= 11 is 0. The van der Waals surface area contributed by atoms with Gasteiger partial charge in [0.1, 0.15) is 11.5 Å². The van der Waals surface area contributed by atoms with Crippen LogP contribution in [0.3, 0.4) is 0 Å². The minimum Gasteiger partial charge on any atom is -0.497 e. The molecule has 0 bridgehead atoms. The number of hydrogen-bond acceptors (Lipinski definition) is 4. The number of ether oxygens (including phenoxy) is 2. The molecule has 126 valence electrons. The number of hydrogen-bond donors (Lipinski definition) is 2. The normalized spacial score (nSPS) is 9.92. The van der Waals surface area contributed by atoms with Crippen LogP contribution < -0.4 is 20.3 Å². The van der Waals surface area contributed by atoms with Crippen molar-refractivity contribution in [2.75, 3.05) is 13.7 Å². The summed E-state index contributed by atoms with van der Waals surface area (Å²) in [6.45, 7) is 1.86. The fourth-order valence-electron chi connectivity index (χ4n) is 1.98. The Morgan fingerprint density at radius 1 is 1.00 bits per heavy atom. The summed E-state index contributed by atoms with van der Waals surface area (Å²) < 4.78 is 10.4. The molecule has 0 aliphatic heterocycles. The molecule has 0 fully saturated rings. The van der Waals surface area contributed by atoms with Crippen molar-refractivity contribution in [3.8, 4) is 11.5 Å². The van der Waals surface area contributed by atoms with Crippen molar-refractivity contribution < 1.29 is 19.1 Å². The minimum atomic E-state index is -0.446. The third kappa shape index (κ3) is 5.01. The second-order valence-electron chi connectivity index (χ2n) is 5.02. The van der Waals surface area contributed by atoms with Gasteiger partial charge in [-0.2, -0.15) is 0 Å². The fourth-order valence-corrected chi connectivity index (χ4v) is 1.98. The minimum absolute atomic E-state index is 0.184. The van der Waals surface area contributed by atoms with E-state index in [1.807, 2.05) is 25.1 Å². The topological polar surface area (TPSA) is 76.7 Å². The summed E-state index contributed by atoms with van der Waals surface area (Å²) in [5.41, 5.74) is 6.18. The maximum atomic E-state index is 11.9. The Bertz CT molecular complexity index is 698. The predicted octanol–water partition coefficient (Wildman–Crippen LogP) is 2.10. The van der Waals surface area contributed by atoms with Gasteiger partial charge in [-0.15, -0.1) is 0 Å². The molecule has 0 aliphatic rings. The van der Waals surface area contributed by atoms with Crippen molar-refractivity contribution in [1.29, 1.82) is 0 Å². The van der Waals surface area contributed by atoms with Crippen LogP contribution in [0.5, 0.6) is 11.5 Å². The molecule has 0 aromatic heterocycles. The summed E-state index contributed by atoms with van der Waals surface area (Å²) in [6.07, 6.45) is 0.890. The molecule has 0 saturated carbocycles. The molecule has 0 aliphatic carbocycles. The first-order chi connectivity index (χ1) is 11.6. The third-order valence-electron chi connectivity index (χ3n) is 3.34. The summed E-state index contributed by atoms with van der Waals surface area (Å²) in [6, 6.07) is 14.1. The SMILES string of the molecule is CCc1cccc(OCC(=O)NNC(=O)c2ccc(OC)cc2)c1. The monoisotopic (exact) mass is 328 g/mol. The van der Waals surface area contributed by atoms with Gasteiger partial charge >= 0.3 is 0 Å². The van der Waals surface area contributed by atoms with Gasteiger partial charge in [-0.1, -0.05) is 19.1 Å². The number of aryl methyl sites for hydroxylation is 1. The van der Waals surface area contributed by atoms with Crippen LogP contribution >= 0.6 is 0 Å². The van der Waals surface area contributed by atoms with Crippen molar-refractivity contribution in [1.82, 2.24) is 10.9 Å². The van der Waals surface area contributed by atoms with E-state index in [0.717, 1.165) is 12.0 Å². The second-order valence-corrected chi connectivity index (χ2v) is 5.02. The molecule has 0 saturated heterocycles. The van der Waals surface area contributed by atoms with Gasteiger partial charge in [-0.25, -0.2) is 0 Å². The smallest absolute Gasteiger partial charge is 0.276 e. The van der Waals surface area contributed by atoms with E-state index < -0.39 is 11.8 Å². The molecular weight excluding hydrogens is 308 g/mol. The van der Waals surface area contributed by atoms with Crippen LogP contribution in [-0.2, 0) is 11.2 Å². The number of benzene rings is 2. The van der Waals surface area contributed by atoms with E-state index in [-0.39, 0.29) is 6.61 Å². The number of methoxy groups -OCH3 is 1. The number of amides is 2. The van der Waals surface area contributed by atoms with E-state index in [2.05, 4.69) is 10.9 Å². The fraction of sp³-hybridized carbons (Fsp3) is 0.222. The van der Waals surface area contributed by atoms with Crippen molar-refractivity contribution in [2.45, 2.75) is 13.3 Å². The lowest BCUT2D eigenvalue weighted by Crippen LogP contribution is -2.43. The average molecular weight is 328 g/mol. The van der Waals surface area contributed by atoms with Gasteiger partial charge in [-0.3, -0.25) is 20.4 Å². The van der Waals surface area contributed by atoms with E-state index in [0.29, 0.717) is 17.1 Å². The van der Waals surface area contributed by atoms with E-state index >= 15 is 0 Å². The Labute approximate surface area is 140 Å². The molecule has 0 radical (unpaired) electrons. The van der Waals surface area contributed by atoms with Crippen LogP contribution in [0.4, 0.5) is 0 Å². The van der Waals surface area contributed by atoms with Gasteiger partial charge in [0.25, 0.3) is 11.8 Å². The Balaban J connectivity index is 1.78. The van der Waals surface area contributed by atoms with Crippen LogP contribution in [0, 0.1) is 0 Å². The first kappa shape index (κ1) is 17.3. The number of rotatable bonds is 6. The molecule has 0 heterocycles. The van der Waals surface area contributed by atoms with Crippen LogP contribution in [0.2, 0.25) is 0 Å². The zero-order chi connectivity index (χ0) is 17.4.